The molecule has 3 rings (SSSR count). The van der Waals surface area contributed by atoms with Crippen LogP contribution in [-0.2, 0) is 6.54 Å². The Hall–Kier alpha value is -1.10. The summed E-state index contributed by atoms with van der Waals surface area (Å²) in [5.41, 5.74) is 2.40. The van der Waals surface area contributed by atoms with E-state index in [4.69, 9.17) is 11.6 Å². The molecule has 0 aliphatic carbocycles. The van der Waals surface area contributed by atoms with Crippen molar-refractivity contribution in [3.8, 4) is 0 Å². The molecule has 116 valence electrons. The van der Waals surface area contributed by atoms with Gasteiger partial charge in [0.25, 0.3) is 0 Å². The second kappa shape index (κ2) is 6.99. The van der Waals surface area contributed by atoms with Gasteiger partial charge in [-0.05, 0) is 52.3 Å². The fraction of sp³-hybridized carbons (Fsp3) is 0.294. The maximum Gasteiger partial charge on any atom is 0.137 e. The van der Waals surface area contributed by atoms with E-state index in [0.717, 1.165) is 37.7 Å². The van der Waals surface area contributed by atoms with Crippen molar-refractivity contribution in [1.82, 2.24) is 0 Å². The van der Waals surface area contributed by atoms with Gasteiger partial charge in [0, 0.05) is 16.3 Å². The van der Waals surface area contributed by atoms with Gasteiger partial charge in [0.15, 0.2) is 0 Å². The summed E-state index contributed by atoms with van der Waals surface area (Å²) in [6.07, 6.45) is 0. The number of anilines is 1. The molecule has 0 amide bonds. The first kappa shape index (κ1) is 15.8. The Morgan fingerprint density at radius 2 is 1.77 bits per heavy atom. The predicted octanol–water partition coefficient (Wildman–Crippen LogP) is 3.15. The summed E-state index contributed by atoms with van der Waals surface area (Å²) in [6, 6.07) is 13.3. The minimum atomic E-state index is -0.202. The molecule has 2 nitrogen and oxygen atoms in total. The quantitative estimate of drug-likeness (QED) is 0.854. The molecule has 0 aromatic heterocycles. The number of nitrogens with one attached hydrogen (secondary N) is 1. The van der Waals surface area contributed by atoms with Crippen LogP contribution in [0.15, 0.2) is 46.9 Å². The van der Waals surface area contributed by atoms with Crippen molar-refractivity contribution < 1.29 is 9.29 Å². The van der Waals surface area contributed by atoms with E-state index in [2.05, 4.69) is 33.0 Å². The van der Waals surface area contributed by atoms with Gasteiger partial charge in [0.2, 0.25) is 0 Å². The van der Waals surface area contributed by atoms with Gasteiger partial charge >= 0.3 is 0 Å². The van der Waals surface area contributed by atoms with Gasteiger partial charge in [-0.1, -0.05) is 17.7 Å². The van der Waals surface area contributed by atoms with Crippen LogP contribution in [0.1, 0.15) is 5.56 Å². The molecule has 0 bridgehead atoms. The third-order valence-corrected chi connectivity index (χ3v) is 4.96. The molecule has 0 saturated carbocycles. The van der Waals surface area contributed by atoms with Gasteiger partial charge < -0.3 is 9.80 Å². The molecular formula is C17H18BrClFN2+. The van der Waals surface area contributed by atoms with E-state index in [-0.39, 0.29) is 5.82 Å². The van der Waals surface area contributed by atoms with Gasteiger partial charge in [0.05, 0.1) is 30.7 Å². The standard InChI is InChI=1S/C17H17BrClFN2/c18-16-11-13(1-6-17(16)20)12-21-7-9-22(10-8-21)15-4-2-14(19)3-5-15/h1-6,11H,7-10,12H2/p+1. The van der Waals surface area contributed by atoms with Gasteiger partial charge in [-0.15, -0.1) is 0 Å². The minimum Gasteiger partial charge on any atom is -0.360 e. The van der Waals surface area contributed by atoms with E-state index in [0.29, 0.717) is 4.47 Å². The SMILES string of the molecule is Fc1ccc(C[NH+]2CCN(c3ccc(Cl)cc3)CC2)cc1Br. The second-order valence-electron chi connectivity index (χ2n) is 5.64. The number of hydrogen-bond donors (Lipinski definition) is 1. The summed E-state index contributed by atoms with van der Waals surface area (Å²) in [5.74, 6) is -0.202. The lowest BCUT2D eigenvalue weighted by molar-refractivity contribution is -0.914. The van der Waals surface area contributed by atoms with E-state index in [9.17, 15) is 4.39 Å². The van der Waals surface area contributed by atoms with Crippen molar-refractivity contribution in [2.75, 3.05) is 31.1 Å². The lowest BCUT2D eigenvalue weighted by Gasteiger charge is -2.33. The first-order valence-corrected chi connectivity index (χ1v) is 8.57. The van der Waals surface area contributed by atoms with Gasteiger partial charge in [-0.3, -0.25) is 0 Å². The predicted molar refractivity (Wildman–Crippen MR) is 92.2 cm³/mol. The molecule has 2 aromatic carbocycles. The Bertz CT molecular complexity index is 640. The molecular weight excluding hydrogens is 367 g/mol. The Morgan fingerprint density at radius 3 is 2.41 bits per heavy atom. The number of hydrogen-bond acceptors (Lipinski definition) is 1. The lowest BCUT2D eigenvalue weighted by atomic mass is 10.2. The van der Waals surface area contributed by atoms with E-state index >= 15 is 0 Å². The summed E-state index contributed by atoms with van der Waals surface area (Å²) in [7, 11) is 0. The minimum absolute atomic E-state index is 0.202. The van der Waals surface area contributed by atoms with Crippen molar-refractivity contribution in [2.24, 2.45) is 0 Å². The monoisotopic (exact) mass is 383 g/mol. The van der Waals surface area contributed by atoms with Crippen molar-refractivity contribution in [2.45, 2.75) is 6.54 Å². The molecule has 2 aromatic rings. The molecule has 0 unspecified atom stereocenters. The maximum atomic E-state index is 13.3. The van der Waals surface area contributed by atoms with Crippen LogP contribution in [0.2, 0.25) is 5.02 Å². The zero-order valence-electron chi connectivity index (χ0n) is 12.2. The van der Waals surface area contributed by atoms with Crippen molar-refractivity contribution in [3.63, 3.8) is 0 Å². The van der Waals surface area contributed by atoms with Crippen LogP contribution in [0, 0.1) is 5.82 Å². The maximum absolute atomic E-state index is 13.3. The Balaban J connectivity index is 1.57. The zero-order valence-corrected chi connectivity index (χ0v) is 14.5. The molecule has 1 fully saturated rings. The Labute approximate surface area is 143 Å². The molecule has 1 aliphatic heterocycles. The van der Waals surface area contributed by atoms with Crippen molar-refractivity contribution >= 4 is 33.2 Å². The number of benzene rings is 2. The number of piperazine rings is 1. The van der Waals surface area contributed by atoms with Gasteiger partial charge in [-0.25, -0.2) is 4.39 Å². The van der Waals surface area contributed by atoms with E-state index < -0.39 is 0 Å². The van der Waals surface area contributed by atoms with E-state index in [1.807, 2.05) is 24.3 Å². The molecule has 0 radical (unpaired) electrons. The molecule has 5 heteroatoms. The third kappa shape index (κ3) is 3.80. The van der Waals surface area contributed by atoms with Gasteiger partial charge in [0.1, 0.15) is 12.4 Å². The number of quaternary nitrogens is 1. The van der Waals surface area contributed by atoms with Crippen molar-refractivity contribution in [1.29, 1.82) is 0 Å². The van der Waals surface area contributed by atoms with Crippen LogP contribution in [0.4, 0.5) is 10.1 Å². The summed E-state index contributed by atoms with van der Waals surface area (Å²) in [6.45, 7) is 5.15. The highest BCUT2D eigenvalue weighted by Gasteiger charge is 2.20. The van der Waals surface area contributed by atoms with Crippen LogP contribution < -0.4 is 9.80 Å². The van der Waals surface area contributed by atoms with Crippen LogP contribution in [0.25, 0.3) is 0 Å². The summed E-state index contributed by atoms with van der Waals surface area (Å²) < 4.78 is 13.8. The molecule has 0 atom stereocenters. The molecule has 22 heavy (non-hydrogen) atoms. The van der Waals surface area contributed by atoms with E-state index in [1.165, 1.54) is 22.2 Å². The fourth-order valence-electron chi connectivity index (χ4n) is 2.85. The third-order valence-electron chi connectivity index (χ3n) is 4.10. The number of rotatable bonds is 3. The highest BCUT2D eigenvalue weighted by Crippen LogP contribution is 2.18. The molecule has 1 N–H and O–H groups in total. The first-order valence-electron chi connectivity index (χ1n) is 7.40. The molecule has 1 saturated heterocycles. The highest BCUT2D eigenvalue weighted by atomic mass is 79.9. The fourth-order valence-corrected chi connectivity index (χ4v) is 3.40. The molecule has 1 aliphatic rings. The summed E-state index contributed by atoms with van der Waals surface area (Å²) >= 11 is 9.19. The first-order chi connectivity index (χ1) is 10.6. The largest absolute Gasteiger partial charge is 0.360 e. The van der Waals surface area contributed by atoms with Crippen LogP contribution in [-0.4, -0.2) is 26.2 Å². The number of halogens is 3. The Kier molecular flexibility index (Phi) is 5.01. The van der Waals surface area contributed by atoms with Crippen LogP contribution in [0.5, 0.6) is 0 Å². The van der Waals surface area contributed by atoms with Gasteiger partial charge in [-0.2, -0.15) is 0 Å². The topological polar surface area (TPSA) is 7.68 Å². The number of nitrogens with zero attached hydrogens (tertiary/aromatic N) is 1. The van der Waals surface area contributed by atoms with Crippen molar-refractivity contribution in [3.05, 3.63) is 63.3 Å². The van der Waals surface area contributed by atoms with E-state index in [1.54, 1.807) is 0 Å². The highest BCUT2D eigenvalue weighted by molar-refractivity contribution is 9.10. The lowest BCUT2D eigenvalue weighted by Crippen LogP contribution is -3.13. The normalized spacial score (nSPS) is 16.0. The molecule has 1 heterocycles. The average Bonchev–Trinajstić information content (AvgIpc) is 2.53. The second-order valence-corrected chi connectivity index (χ2v) is 6.93. The average molecular weight is 385 g/mol. The zero-order chi connectivity index (χ0) is 15.5. The smallest absolute Gasteiger partial charge is 0.137 e. The van der Waals surface area contributed by atoms with Crippen LogP contribution >= 0.6 is 27.5 Å². The molecule has 0 spiro atoms. The Morgan fingerprint density at radius 1 is 1.09 bits per heavy atom. The van der Waals surface area contributed by atoms with Crippen LogP contribution in [0.3, 0.4) is 0 Å². The summed E-state index contributed by atoms with van der Waals surface area (Å²) in [4.78, 5) is 3.92. The summed E-state index contributed by atoms with van der Waals surface area (Å²) in [5, 5.41) is 0.773.